The van der Waals surface area contributed by atoms with E-state index in [1.165, 1.54) is 24.3 Å². The van der Waals surface area contributed by atoms with E-state index < -0.39 is 39.8 Å². The van der Waals surface area contributed by atoms with E-state index in [2.05, 4.69) is 5.32 Å². The lowest BCUT2D eigenvalue weighted by molar-refractivity contribution is 0.347. The number of halogens is 6. The smallest absolute Gasteiger partial charge is 0.200 e. The van der Waals surface area contributed by atoms with E-state index in [9.17, 15) is 26.3 Å². The Bertz CT molecular complexity index is 764. The van der Waals surface area contributed by atoms with Gasteiger partial charge in [-0.1, -0.05) is 12.1 Å². The van der Waals surface area contributed by atoms with E-state index in [1.54, 1.807) is 4.31 Å². The van der Waals surface area contributed by atoms with Crippen molar-refractivity contribution < 1.29 is 26.3 Å². The van der Waals surface area contributed by atoms with Crippen LogP contribution in [0.5, 0.6) is 0 Å². The van der Waals surface area contributed by atoms with Crippen molar-refractivity contribution in [3.63, 3.8) is 0 Å². The second-order valence-corrected chi connectivity index (χ2v) is 6.90. The van der Waals surface area contributed by atoms with Gasteiger partial charge in [0.15, 0.2) is 23.3 Å². The summed E-state index contributed by atoms with van der Waals surface area (Å²) < 4.78 is 82.8. The van der Waals surface area contributed by atoms with Crippen molar-refractivity contribution in [3.05, 3.63) is 64.7 Å². The predicted octanol–water partition coefficient (Wildman–Crippen LogP) is 4.39. The fraction of sp³-hybridized carbons (Fsp3) is 0.294. The van der Waals surface area contributed by atoms with Crippen molar-refractivity contribution in [3.8, 4) is 0 Å². The van der Waals surface area contributed by atoms with Crippen molar-refractivity contribution in [2.24, 2.45) is 0 Å². The maximum atomic E-state index is 14.0. The van der Waals surface area contributed by atoms with E-state index in [1.807, 2.05) is 0 Å². The Morgan fingerprint density at radius 1 is 0.885 bits per heavy atom. The molecule has 9 heteroatoms. The van der Waals surface area contributed by atoms with E-state index >= 15 is 0 Å². The highest BCUT2D eigenvalue weighted by atomic mass is 32.2. The Morgan fingerprint density at radius 2 is 1.46 bits per heavy atom. The molecule has 1 aliphatic heterocycles. The van der Waals surface area contributed by atoms with Gasteiger partial charge in [-0.15, -0.1) is 0 Å². The molecule has 1 heterocycles. The number of benzene rings is 2. The zero-order chi connectivity index (χ0) is 18.8. The molecule has 0 aliphatic carbocycles. The molecule has 1 fully saturated rings. The summed E-state index contributed by atoms with van der Waals surface area (Å²) in [6, 6.07) is 5.31. The molecule has 26 heavy (non-hydrogen) atoms. The molecule has 1 atom stereocenters. The van der Waals surface area contributed by atoms with Gasteiger partial charge in [0.1, 0.15) is 10.7 Å². The summed E-state index contributed by atoms with van der Waals surface area (Å²) in [5, 5.41) is 3.08. The average molecular weight is 392 g/mol. The summed E-state index contributed by atoms with van der Waals surface area (Å²) in [5.41, 5.74) is 0.648. The highest BCUT2D eigenvalue weighted by molar-refractivity contribution is 7.97. The first-order valence-corrected chi connectivity index (χ1v) is 8.57. The lowest BCUT2D eigenvalue weighted by Gasteiger charge is -2.27. The second kappa shape index (κ2) is 7.89. The Morgan fingerprint density at radius 3 is 2.00 bits per heavy atom. The molecule has 0 bridgehead atoms. The van der Waals surface area contributed by atoms with Gasteiger partial charge in [-0.2, -0.15) is 0 Å². The molecule has 0 spiro atoms. The topological polar surface area (TPSA) is 15.3 Å². The van der Waals surface area contributed by atoms with E-state index in [0.29, 0.717) is 37.0 Å². The molecule has 2 aromatic rings. The molecule has 0 saturated carbocycles. The summed E-state index contributed by atoms with van der Waals surface area (Å²) in [6.45, 7) is 1.32. The SMILES string of the molecule is Fc1ccc(CN(Sc2c(F)c(F)c(F)c(F)c2F)C2CCNC2)cc1. The van der Waals surface area contributed by atoms with Gasteiger partial charge in [-0.05, 0) is 42.6 Å². The molecule has 0 radical (unpaired) electrons. The van der Waals surface area contributed by atoms with Gasteiger partial charge in [0.05, 0.1) is 0 Å². The van der Waals surface area contributed by atoms with Gasteiger partial charge < -0.3 is 5.32 Å². The lowest BCUT2D eigenvalue weighted by Crippen LogP contribution is -2.31. The molecule has 3 rings (SSSR count). The predicted molar refractivity (Wildman–Crippen MR) is 85.3 cm³/mol. The van der Waals surface area contributed by atoms with Crippen LogP contribution >= 0.6 is 11.9 Å². The van der Waals surface area contributed by atoms with Crippen LogP contribution in [0.3, 0.4) is 0 Å². The number of nitrogens with one attached hydrogen (secondary N) is 1. The molecule has 2 nitrogen and oxygen atoms in total. The minimum atomic E-state index is -2.18. The Balaban J connectivity index is 1.92. The van der Waals surface area contributed by atoms with Crippen LogP contribution in [0, 0.1) is 34.9 Å². The summed E-state index contributed by atoms with van der Waals surface area (Å²) >= 11 is 0.478. The number of hydrogen-bond donors (Lipinski definition) is 1. The first-order chi connectivity index (χ1) is 12.4. The normalized spacial score (nSPS) is 17.3. The highest BCUT2D eigenvalue weighted by Gasteiger charge is 2.30. The van der Waals surface area contributed by atoms with Crippen LogP contribution in [0.25, 0.3) is 0 Å². The number of hydrogen-bond acceptors (Lipinski definition) is 3. The molecule has 1 aliphatic rings. The number of rotatable bonds is 5. The third kappa shape index (κ3) is 3.84. The van der Waals surface area contributed by atoms with Crippen LogP contribution in [0.2, 0.25) is 0 Å². The molecule has 0 aromatic heterocycles. The van der Waals surface area contributed by atoms with Gasteiger partial charge in [0.2, 0.25) is 5.82 Å². The van der Waals surface area contributed by atoms with Crippen LogP contribution in [-0.4, -0.2) is 23.4 Å². The van der Waals surface area contributed by atoms with Gasteiger partial charge in [-0.25, -0.2) is 30.6 Å². The van der Waals surface area contributed by atoms with E-state index in [-0.39, 0.29) is 12.6 Å². The van der Waals surface area contributed by atoms with Crippen molar-refractivity contribution in [2.45, 2.75) is 23.9 Å². The molecule has 140 valence electrons. The van der Waals surface area contributed by atoms with Crippen molar-refractivity contribution >= 4 is 11.9 Å². The maximum absolute atomic E-state index is 14.0. The third-order valence-electron chi connectivity index (χ3n) is 4.07. The zero-order valence-corrected chi connectivity index (χ0v) is 14.2. The summed E-state index contributed by atoms with van der Waals surface area (Å²) in [7, 11) is 0. The van der Waals surface area contributed by atoms with Gasteiger partial charge >= 0.3 is 0 Å². The molecule has 0 amide bonds. The minimum absolute atomic E-state index is 0.150. The maximum Gasteiger partial charge on any atom is 0.200 e. The van der Waals surface area contributed by atoms with Crippen LogP contribution in [0.1, 0.15) is 12.0 Å². The quantitative estimate of drug-likeness (QED) is 0.352. The van der Waals surface area contributed by atoms with Gasteiger partial charge in [-0.3, -0.25) is 0 Å². The molecule has 1 N–H and O–H groups in total. The Hall–Kier alpha value is -1.71. The first kappa shape index (κ1) is 19.1. The fourth-order valence-electron chi connectivity index (χ4n) is 2.67. The van der Waals surface area contributed by atoms with Gasteiger partial charge in [0.25, 0.3) is 0 Å². The molecular formula is C17H14F6N2S. The molecule has 1 saturated heterocycles. The highest BCUT2D eigenvalue weighted by Crippen LogP contribution is 2.35. The molecular weight excluding hydrogens is 378 g/mol. The number of nitrogens with zero attached hydrogens (tertiary/aromatic N) is 1. The van der Waals surface area contributed by atoms with Crippen LogP contribution in [0.15, 0.2) is 29.2 Å². The molecule has 1 unspecified atom stereocenters. The van der Waals surface area contributed by atoms with Crippen molar-refractivity contribution in [1.82, 2.24) is 9.62 Å². The van der Waals surface area contributed by atoms with E-state index in [4.69, 9.17) is 0 Å². The lowest BCUT2D eigenvalue weighted by atomic mass is 10.2. The largest absolute Gasteiger partial charge is 0.315 e. The summed E-state index contributed by atoms with van der Waals surface area (Å²) in [4.78, 5) is -0.949. The van der Waals surface area contributed by atoms with Crippen molar-refractivity contribution in [2.75, 3.05) is 13.1 Å². The monoisotopic (exact) mass is 392 g/mol. The van der Waals surface area contributed by atoms with Crippen LogP contribution in [-0.2, 0) is 6.54 Å². The van der Waals surface area contributed by atoms with Gasteiger partial charge in [0, 0.05) is 19.1 Å². The Kier molecular flexibility index (Phi) is 5.79. The third-order valence-corrected chi connectivity index (χ3v) is 5.27. The zero-order valence-electron chi connectivity index (χ0n) is 13.3. The summed E-state index contributed by atoms with van der Waals surface area (Å²) in [5.74, 6) is -10.3. The molecule has 2 aromatic carbocycles. The summed E-state index contributed by atoms with van der Waals surface area (Å²) in [6.07, 6.45) is 0.642. The second-order valence-electron chi connectivity index (χ2n) is 5.84. The van der Waals surface area contributed by atoms with Crippen LogP contribution < -0.4 is 5.32 Å². The first-order valence-electron chi connectivity index (χ1n) is 7.79. The fourth-order valence-corrected chi connectivity index (χ4v) is 3.79. The average Bonchev–Trinajstić information content (AvgIpc) is 3.17. The van der Waals surface area contributed by atoms with Crippen molar-refractivity contribution in [1.29, 1.82) is 0 Å². The minimum Gasteiger partial charge on any atom is -0.315 e. The standard InChI is InChI=1S/C17H14F6N2S/c18-10-3-1-9(2-4-10)8-25(11-5-6-24-7-11)26-17-15(22)13(20)12(19)14(21)16(17)23/h1-4,11,24H,5-8H2. The Labute approximate surface area is 150 Å². The van der Waals surface area contributed by atoms with Crippen LogP contribution in [0.4, 0.5) is 26.3 Å². The van der Waals surface area contributed by atoms with E-state index in [0.717, 1.165) is 0 Å².